The number of cyclic esters (lactones) is 1. The first kappa shape index (κ1) is 19.2. The second kappa shape index (κ2) is 7.72. The monoisotopic (exact) mass is 413 g/mol. The Hall–Kier alpha value is -3.12. The number of benzene rings is 2. The highest BCUT2D eigenvalue weighted by Gasteiger charge is 2.43. The molecular weight excluding hydrogens is 397 g/mol. The number of ether oxygens (including phenoxy) is 2. The van der Waals surface area contributed by atoms with Gasteiger partial charge in [-0.1, -0.05) is 36.4 Å². The largest absolute Gasteiger partial charge is 0.490 e. The van der Waals surface area contributed by atoms with E-state index in [1.165, 1.54) is 23.1 Å². The van der Waals surface area contributed by atoms with E-state index in [2.05, 4.69) is 6.58 Å². The predicted octanol–water partition coefficient (Wildman–Crippen LogP) is 4.38. The van der Waals surface area contributed by atoms with Crippen molar-refractivity contribution in [1.29, 1.82) is 0 Å². The Balaban J connectivity index is 1.72. The second-order valence-electron chi connectivity index (χ2n) is 6.69. The summed E-state index contributed by atoms with van der Waals surface area (Å²) in [6.07, 6.45) is 1.73. The Labute approximate surface area is 172 Å². The molecule has 2 aromatic rings. The van der Waals surface area contributed by atoms with E-state index in [0.717, 1.165) is 5.56 Å². The molecule has 0 radical (unpaired) electrons. The minimum atomic E-state index is -0.579. The summed E-state index contributed by atoms with van der Waals surface area (Å²) in [7, 11) is 0. The third-order valence-corrected chi connectivity index (χ3v) is 5.22. The number of amides is 1. The first-order valence-electron chi connectivity index (χ1n) is 9.01. The average Bonchev–Trinajstić information content (AvgIpc) is 3.10. The van der Waals surface area contributed by atoms with Crippen LogP contribution in [0.5, 0.6) is 5.75 Å². The maximum atomic E-state index is 13.5. The van der Waals surface area contributed by atoms with Gasteiger partial charge in [0, 0.05) is 12.3 Å². The summed E-state index contributed by atoms with van der Waals surface area (Å²) in [4.78, 5) is 26.8. The molecule has 0 saturated carbocycles. The van der Waals surface area contributed by atoms with Gasteiger partial charge < -0.3 is 9.47 Å². The van der Waals surface area contributed by atoms with Crippen LogP contribution in [0.2, 0.25) is 5.02 Å². The molecule has 1 atom stereocenters. The molecule has 2 aliphatic rings. The van der Waals surface area contributed by atoms with Crippen LogP contribution >= 0.6 is 11.6 Å². The molecule has 4 rings (SSSR count). The maximum Gasteiger partial charge on any atom is 0.336 e. The molecule has 0 fully saturated rings. The van der Waals surface area contributed by atoms with Crippen LogP contribution in [-0.4, -0.2) is 25.1 Å². The zero-order valence-corrected chi connectivity index (χ0v) is 16.1. The van der Waals surface area contributed by atoms with Crippen molar-refractivity contribution in [2.75, 3.05) is 18.1 Å². The quantitative estimate of drug-likeness (QED) is 0.539. The van der Waals surface area contributed by atoms with Gasteiger partial charge in [0.05, 0.1) is 22.0 Å². The van der Waals surface area contributed by atoms with Crippen LogP contribution in [-0.2, 0) is 14.3 Å². The summed E-state index contributed by atoms with van der Waals surface area (Å²) < 4.78 is 24.3. The SMILES string of the molecule is C=CCOc1ccc([C@@H]2CC(=O)N(c3ccc(F)c(Cl)c3)C3=C2C(=O)OC3)cc1. The molecular formula is C22H17ClFNO4. The molecule has 0 saturated heterocycles. The molecule has 7 heteroatoms. The van der Waals surface area contributed by atoms with E-state index in [1.807, 2.05) is 12.1 Å². The van der Waals surface area contributed by atoms with Gasteiger partial charge in [-0.3, -0.25) is 9.69 Å². The van der Waals surface area contributed by atoms with Crippen molar-refractivity contribution in [1.82, 2.24) is 0 Å². The van der Waals surface area contributed by atoms with Crippen LogP contribution in [0.15, 0.2) is 66.4 Å². The van der Waals surface area contributed by atoms with Crippen LogP contribution in [0.1, 0.15) is 17.9 Å². The van der Waals surface area contributed by atoms with Crippen molar-refractivity contribution in [2.45, 2.75) is 12.3 Å². The van der Waals surface area contributed by atoms with E-state index in [-0.39, 0.29) is 24.0 Å². The van der Waals surface area contributed by atoms with E-state index < -0.39 is 17.7 Å². The fourth-order valence-corrected chi connectivity index (χ4v) is 3.79. The highest BCUT2D eigenvalue weighted by atomic mass is 35.5. The summed E-state index contributed by atoms with van der Waals surface area (Å²) in [5.74, 6) is -1.01. The fraction of sp³-hybridized carbons (Fsp3) is 0.182. The fourth-order valence-electron chi connectivity index (χ4n) is 3.61. The molecule has 5 nitrogen and oxygen atoms in total. The summed E-state index contributed by atoms with van der Waals surface area (Å²) in [6.45, 7) is 3.97. The molecule has 1 amide bonds. The summed E-state index contributed by atoms with van der Waals surface area (Å²) >= 11 is 5.88. The van der Waals surface area contributed by atoms with Crippen LogP contribution < -0.4 is 9.64 Å². The highest BCUT2D eigenvalue weighted by molar-refractivity contribution is 6.31. The maximum absolute atomic E-state index is 13.5. The first-order valence-corrected chi connectivity index (χ1v) is 9.39. The van der Waals surface area contributed by atoms with Gasteiger partial charge in [0.25, 0.3) is 0 Å². The van der Waals surface area contributed by atoms with Gasteiger partial charge in [-0.25, -0.2) is 9.18 Å². The van der Waals surface area contributed by atoms with Gasteiger partial charge in [-0.05, 0) is 35.9 Å². The van der Waals surface area contributed by atoms with Gasteiger partial charge in [0.2, 0.25) is 5.91 Å². The molecule has 0 aromatic heterocycles. The van der Waals surface area contributed by atoms with E-state index >= 15 is 0 Å². The number of carbonyl (C=O) groups is 2. The van der Waals surface area contributed by atoms with Crippen molar-refractivity contribution in [3.8, 4) is 5.75 Å². The van der Waals surface area contributed by atoms with Gasteiger partial charge in [0.1, 0.15) is 24.8 Å². The number of rotatable bonds is 5. The first-order chi connectivity index (χ1) is 14.0. The predicted molar refractivity (Wildman–Crippen MR) is 106 cm³/mol. The average molecular weight is 414 g/mol. The lowest BCUT2D eigenvalue weighted by molar-refractivity contribution is -0.136. The Kier molecular flexibility index (Phi) is 5.11. The van der Waals surface area contributed by atoms with Gasteiger partial charge in [-0.2, -0.15) is 0 Å². The van der Waals surface area contributed by atoms with E-state index in [4.69, 9.17) is 21.1 Å². The zero-order chi connectivity index (χ0) is 20.5. The molecule has 0 unspecified atom stereocenters. The summed E-state index contributed by atoms with van der Waals surface area (Å²) in [5, 5.41) is -0.0973. The number of hydrogen-bond donors (Lipinski definition) is 0. The van der Waals surface area contributed by atoms with Gasteiger partial charge in [0.15, 0.2) is 0 Å². The Morgan fingerprint density at radius 1 is 1.24 bits per heavy atom. The summed E-state index contributed by atoms with van der Waals surface area (Å²) in [6, 6.07) is 11.3. The normalized spacial score (nSPS) is 18.6. The van der Waals surface area contributed by atoms with E-state index in [1.54, 1.807) is 18.2 Å². The zero-order valence-electron chi connectivity index (χ0n) is 15.4. The van der Waals surface area contributed by atoms with Crippen molar-refractivity contribution in [3.63, 3.8) is 0 Å². The Morgan fingerprint density at radius 2 is 2.00 bits per heavy atom. The number of nitrogens with zero attached hydrogens (tertiary/aromatic N) is 1. The third kappa shape index (κ3) is 3.51. The second-order valence-corrected chi connectivity index (χ2v) is 7.10. The lowest BCUT2D eigenvalue weighted by atomic mass is 9.84. The van der Waals surface area contributed by atoms with Crippen molar-refractivity contribution < 1.29 is 23.5 Å². The van der Waals surface area contributed by atoms with E-state index in [0.29, 0.717) is 29.3 Å². The van der Waals surface area contributed by atoms with Crippen molar-refractivity contribution in [3.05, 3.63) is 82.8 Å². The molecule has 29 heavy (non-hydrogen) atoms. The molecule has 0 N–H and O–H groups in total. The third-order valence-electron chi connectivity index (χ3n) is 4.93. The molecule has 2 heterocycles. The molecule has 0 aliphatic carbocycles. The van der Waals surface area contributed by atoms with Crippen LogP contribution in [0.3, 0.4) is 0 Å². The number of anilines is 1. The lowest BCUT2D eigenvalue weighted by Gasteiger charge is -2.32. The molecule has 0 spiro atoms. The van der Waals surface area contributed by atoms with Crippen LogP contribution in [0, 0.1) is 5.82 Å². The number of halogens is 2. The minimum Gasteiger partial charge on any atom is -0.490 e. The smallest absolute Gasteiger partial charge is 0.336 e. The topological polar surface area (TPSA) is 55.8 Å². The van der Waals surface area contributed by atoms with Gasteiger partial charge >= 0.3 is 5.97 Å². The van der Waals surface area contributed by atoms with Crippen molar-refractivity contribution >= 4 is 29.2 Å². The van der Waals surface area contributed by atoms with Gasteiger partial charge in [-0.15, -0.1) is 0 Å². The number of hydrogen-bond acceptors (Lipinski definition) is 4. The standard InChI is InChI=1S/C22H17ClFNO4/c1-2-9-28-15-6-3-13(4-7-15)16-11-20(26)25(19-12-29-22(27)21(16)19)14-5-8-18(24)17(23)10-14/h2-8,10,16H,1,9,11-12H2/t16-/m0/s1. The van der Waals surface area contributed by atoms with E-state index in [9.17, 15) is 14.0 Å². The molecule has 148 valence electrons. The Bertz CT molecular complexity index is 1030. The minimum absolute atomic E-state index is 0.0219. The summed E-state index contributed by atoms with van der Waals surface area (Å²) in [5.41, 5.74) is 2.11. The lowest BCUT2D eigenvalue weighted by Crippen LogP contribution is -2.37. The van der Waals surface area contributed by atoms with Crippen molar-refractivity contribution in [2.24, 2.45) is 0 Å². The molecule has 2 aromatic carbocycles. The van der Waals surface area contributed by atoms with Crippen LogP contribution in [0.25, 0.3) is 0 Å². The van der Waals surface area contributed by atoms with Crippen LogP contribution in [0.4, 0.5) is 10.1 Å². The molecule has 0 bridgehead atoms. The highest BCUT2D eigenvalue weighted by Crippen LogP contribution is 2.42. The number of carbonyl (C=O) groups excluding carboxylic acids is 2. The Morgan fingerprint density at radius 3 is 2.69 bits per heavy atom. The molecule has 2 aliphatic heterocycles. The number of esters is 1.